The molecule has 3 rings (SSSR count). The Morgan fingerprint density at radius 2 is 2.25 bits per heavy atom. The van der Waals surface area contributed by atoms with E-state index in [0.29, 0.717) is 29.4 Å². The Labute approximate surface area is 150 Å². The van der Waals surface area contributed by atoms with Crippen molar-refractivity contribution in [3.8, 4) is 0 Å². The summed E-state index contributed by atoms with van der Waals surface area (Å²) in [6.07, 6.45) is 3.95. The third-order valence-electron chi connectivity index (χ3n) is 4.83. The molecule has 2 saturated heterocycles. The molecule has 1 aromatic heterocycles. The molecule has 0 radical (unpaired) electrons. The van der Waals surface area contributed by atoms with Gasteiger partial charge in [-0.05, 0) is 67.1 Å². The summed E-state index contributed by atoms with van der Waals surface area (Å²) in [6, 6.07) is 1.76. The zero-order chi connectivity index (χ0) is 17.1. The monoisotopic (exact) mass is 397 g/mol. The highest BCUT2D eigenvalue weighted by Crippen LogP contribution is 2.24. The van der Waals surface area contributed by atoms with Gasteiger partial charge in [-0.3, -0.25) is 9.59 Å². The van der Waals surface area contributed by atoms with Gasteiger partial charge >= 0.3 is 0 Å². The van der Waals surface area contributed by atoms with Crippen molar-refractivity contribution in [3.05, 3.63) is 22.1 Å². The van der Waals surface area contributed by atoms with Gasteiger partial charge in [-0.2, -0.15) is 0 Å². The smallest absolute Gasteiger partial charge is 0.289 e. The fourth-order valence-electron chi connectivity index (χ4n) is 3.49. The van der Waals surface area contributed by atoms with E-state index >= 15 is 0 Å². The van der Waals surface area contributed by atoms with Crippen LogP contribution >= 0.6 is 15.9 Å². The van der Waals surface area contributed by atoms with Gasteiger partial charge < -0.3 is 20.0 Å². The molecular formula is C17H24BrN3O3. The third kappa shape index (κ3) is 4.00. The van der Waals surface area contributed by atoms with Gasteiger partial charge in [0.25, 0.3) is 5.91 Å². The highest BCUT2D eigenvalue weighted by molar-refractivity contribution is 9.10. The molecule has 24 heavy (non-hydrogen) atoms. The molecule has 1 aromatic rings. The number of amides is 2. The summed E-state index contributed by atoms with van der Waals surface area (Å²) in [6.45, 7) is 4.82. The van der Waals surface area contributed by atoms with Crippen LogP contribution in [0.25, 0.3) is 0 Å². The van der Waals surface area contributed by atoms with Crippen LogP contribution in [0.5, 0.6) is 0 Å². The second-order valence-corrected chi connectivity index (χ2v) is 7.50. The van der Waals surface area contributed by atoms with Crippen molar-refractivity contribution < 1.29 is 14.0 Å². The van der Waals surface area contributed by atoms with Crippen molar-refractivity contribution in [1.82, 2.24) is 15.5 Å². The fourth-order valence-corrected chi connectivity index (χ4v) is 4.00. The van der Waals surface area contributed by atoms with Crippen LogP contribution in [0.3, 0.4) is 0 Å². The lowest BCUT2D eigenvalue weighted by Gasteiger charge is -2.32. The van der Waals surface area contributed by atoms with Crippen molar-refractivity contribution in [2.75, 3.05) is 26.2 Å². The number of carbonyl (C=O) groups is 2. The molecule has 132 valence electrons. The third-order valence-corrected chi connectivity index (χ3v) is 5.22. The number of nitrogens with one attached hydrogen (secondary N) is 2. The number of nitrogens with zero attached hydrogens (tertiary/aromatic N) is 1. The first-order chi connectivity index (χ1) is 11.5. The van der Waals surface area contributed by atoms with Gasteiger partial charge in [-0.25, -0.2) is 0 Å². The van der Waals surface area contributed by atoms with E-state index in [1.165, 1.54) is 0 Å². The van der Waals surface area contributed by atoms with Crippen LogP contribution in [0.15, 0.2) is 15.2 Å². The first-order valence-electron chi connectivity index (χ1n) is 8.61. The molecule has 6 nitrogen and oxygen atoms in total. The van der Waals surface area contributed by atoms with Gasteiger partial charge in [0.15, 0.2) is 10.4 Å². The van der Waals surface area contributed by atoms with Crippen LogP contribution < -0.4 is 10.6 Å². The summed E-state index contributed by atoms with van der Waals surface area (Å²) in [4.78, 5) is 26.6. The van der Waals surface area contributed by atoms with E-state index < -0.39 is 0 Å². The van der Waals surface area contributed by atoms with Crippen molar-refractivity contribution >= 4 is 27.7 Å². The van der Waals surface area contributed by atoms with E-state index in [9.17, 15) is 9.59 Å². The highest BCUT2D eigenvalue weighted by Gasteiger charge is 2.28. The Bertz CT molecular complexity index is 610. The molecule has 2 atom stereocenters. The molecule has 0 aliphatic carbocycles. The molecule has 2 fully saturated rings. The zero-order valence-corrected chi connectivity index (χ0v) is 15.5. The minimum Gasteiger partial charge on any atom is -0.444 e. The molecule has 0 aromatic carbocycles. The second-order valence-electron chi connectivity index (χ2n) is 6.72. The predicted molar refractivity (Wildman–Crippen MR) is 93.8 cm³/mol. The number of rotatable bonds is 4. The fraction of sp³-hybridized carbons (Fsp3) is 0.647. The van der Waals surface area contributed by atoms with Crippen LogP contribution in [0.4, 0.5) is 0 Å². The lowest BCUT2D eigenvalue weighted by atomic mass is 9.97. The Kier molecular flexibility index (Phi) is 5.61. The minimum atomic E-state index is -0.0633. The number of aryl methyl sites for hydroxylation is 1. The van der Waals surface area contributed by atoms with Gasteiger partial charge in [0, 0.05) is 25.2 Å². The first kappa shape index (κ1) is 17.5. The highest BCUT2D eigenvalue weighted by atomic mass is 79.9. The van der Waals surface area contributed by atoms with Gasteiger partial charge in [0.1, 0.15) is 0 Å². The number of furan rings is 1. The Morgan fingerprint density at radius 1 is 1.42 bits per heavy atom. The van der Waals surface area contributed by atoms with Gasteiger partial charge in [-0.15, -0.1) is 0 Å². The molecule has 7 heteroatoms. The normalized spacial score (nSPS) is 24.2. The first-order valence-corrected chi connectivity index (χ1v) is 9.40. The largest absolute Gasteiger partial charge is 0.444 e. The molecule has 0 bridgehead atoms. The van der Waals surface area contributed by atoms with Gasteiger partial charge in [0.05, 0.1) is 6.04 Å². The van der Waals surface area contributed by atoms with E-state index in [1.54, 1.807) is 0 Å². The SMILES string of the molecule is Cc1cc(Br)oc1C(=O)N1CCCC(CNC(=O)C2CCCN2)C1. The summed E-state index contributed by atoms with van der Waals surface area (Å²) >= 11 is 3.27. The van der Waals surface area contributed by atoms with Crippen LogP contribution in [0.2, 0.25) is 0 Å². The van der Waals surface area contributed by atoms with E-state index in [-0.39, 0.29) is 17.9 Å². The van der Waals surface area contributed by atoms with Crippen molar-refractivity contribution in [1.29, 1.82) is 0 Å². The van der Waals surface area contributed by atoms with Crippen LogP contribution in [-0.4, -0.2) is 48.9 Å². The van der Waals surface area contributed by atoms with Crippen LogP contribution in [0, 0.1) is 12.8 Å². The lowest BCUT2D eigenvalue weighted by Crippen LogP contribution is -2.46. The average molecular weight is 398 g/mol. The maximum atomic E-state index is 12.6. The number of likely N-dealkylation sites (tertiary alicyclic amines) is 1. The predicted octanol–water partition coefficient (Wildman–Crippen LogP) is 2.07. The summed E-state index contributed by atoms with van der Waals surface area (Å²) < 4.78 is 6.05. The second kappa shape index (κ2) is 7.70. The summed E-state index contributed by atoms with van der Waals surface area (Å²) in [5.74, 6) is 0.724. The molecular weight excluding hydrogens is 374 g/mol. The Hall–Kier alpha value is -1.34. The molecule has 0 spiro atoms. The van der Waals surface area contributed by atoms with Crippen molar-refractivity contribution in [3.63, 3.8) is 0 Å². The summed E-state index contributed by atoms with van der Waals surface area (Å²) in [7, 11) is 0. The maximum Gasteiger partial charge on any atom is 0.289 e. The number of carbonyl (C=O) groups excluding carboxylic acids is 2. The quantitative estimate of drug-likeness (QED) is 0.815. The van der Waals surface area contributed by atoms with Crippen molar-refractivity contribution in [2.45, 2.75) is 38.6 Å². The maximum absolute atomic E-state index is 12.6. The molecule has 2 N–H and O–H groups in total. The van der Waals surface area contributed by atoms with Crippen LogP contribution in [-0.2, 0) is 4.79 Å². The molecule has 0 saturated carbocycles. The van der Waals surface area contributed by atoms with E-state index in [0.717, 1.165) is 44.3 Å². The molecule has 2 amide bonds. The molecule has 2 aliphatic rings. The number of hydrogen-bond acceptors (Lipinski definition) is 4. The summed E-state index contributed by atoms with van der Waals surface area (Å²) in [5, 5.41) is 6.25. The number of piperidine rings is 1. The number of hydrogen-bond donors (Lipinski definition) is 2. The Balaban J connectivity index is 1.53. The molecule has 2 aliphatic heterocycles. The molecule has 3 heterocycles. The van der Waals surface area contributed by atoms with E-state index in [2.05, 4.69) is 26.6 Å². The number of halogens is 1. The van der Waals surface area contributed by atoms with Crippen molar-refractivity contribution in [2.24, 2.45) is 5.92 Å². The van der Waals surface area contributed by atoms with Gasteiger partial charge in [-0.1, -0.05) is 0 Å². The average Bonchev–Trinajstić information content (AvgIpc) is 3.22. The topological polar surface area (TPSA) is 74.6 Å². The van der Waals surface area contributed by atoms with E-state index in [1.807, 2.05) is 17.9 Å². The zero-order valence-electron chi connectivity index (χ0n) is 13.9. The standard InChI is InChI=1S/C17H24BrN3O3/c1-11-8-14(18)24-15(11)17(23)21-7-3-4-12(10-21)9-20-16(22)13-5-2-6-19-13/h8,12-13,19H,2-7,9-10H2,1H3,(H,20,22). The van der Waals surface area contributed by atoms with E-state index in [4.69, 9.17) is 4.42 Å². The van der Waals surface area contributed by atoms with Gasteiger partial charge in [0.2, 0.25) is 5.91 Å². The molecule has 2 unspecified atom stereocenters. The lowest BCUT2D eigenvalue weighted by molar-refractivity contribution is -0.123. The minimum absolute atomic E-state index is 0.0468. The van der Waals surface area contributed by atoms with Crippen LogP contribution in [0.1, 0.15) is 41.8 Å². The Morgan fingerprint density at radius 3 is 2.92 bits per heavy atom. The summed E-state index contributed by atoms with van der Waals surface area (Å²) in [5.41, 5.74) is 0.842.